The predicted molar refractivity (Wildman–Crippen MR) is 60.6 cm³/mol. The number of rotatable bonds is 7. The number of carboxylic acids is 1. The molecule has 0 aliphatic heterocycles. The molecule has 0 aliphatic rings. The second kappa shape index (κ2) is 7.86. The highest BCUT2D eigenvalue weighted by Crippen LogP contribution is 2.00. The summed E-state index contributed by atoms with van der Waals surface area (Å²) < 4.78 is 0. The van der Waals surface area contributed by atoms with E-state index in [2.05, 4.69) is 5.32 Å². The van der Waals surface area contributed by atoms with E-state index in [1.54, 1.807) is 13.8 Å². The normalized spacial score (nSPS) is 12.3. The molecule has 7 heteroatoms. The number of urea groups is 1. The van der Waals surface area contributed by atoms with E-state index >= 15 is 0 Å². The first-order valence-electron chi connectivity index (χ1n) is 5.45. The molecule has 100 valence electrons. The van der Waals surface area contributed by atoms with Gasteiger partial charge in [0.25, 0.3) is 0 Å². The zero-order valence-corrected chi connectivity index (χ0v) is 10.1. The van der Waals surface area contributed by atoms with Crippen LogP contribution in [0.1, 0.15) is 20.3 Å². The molecule has 0 saturated carbocycles. The summed E-state index contributed by atoms with van der Waals surface area (Å²) in [6, 6.07) is -1.83. The monoisotopic (exact) mass is 248 g/mol. The van der Waals surface area contributed by atoms with Crippen molar-refractivity contribution >= 4 is 12.0 Å². The maximum absolute atomic E-state index is 11.7. The highest BCUT2D eigenvalue weighted by molar-refractivity contribution is 5.82. The number of carbonyl (C=O) groups is 2. The number of aliphatic hydroxyl groups is 2. The van der Waals surface area contributed by atoms with Gasteiger partial charge in [0.1, 0.15) is 6.04 Å². The topological polar surface area (TPSA) is 110 Å². The van der Waals surface area contributed by atoms with Crippen molar-refractivity contribution in [3.05, 3.63) is 0 Å². The molecule has 4 N–H and O–H groups in total. The lowest BCUT2D eigenvalue weighted by Crippen LogP contribution is -2.51. The van der Waals surface area contributed by atoms with Gasteiger partial charge in [-0.15, -0.1) is 0 Å². The number of aliphatic hydroxyl groups excluding tert-OH is 2. The third kappa shape index (κ3) is 5.50. The summed E-state index contributed by atoms with van der Waals surface area (Å²) in [7, 11) is 0. The average Bonchev–Trinajstić information content (AvgIpc) is 2.24. The van der Waals surface area contributed by atoms with Gasteiger partial charge in [-0.3, -0.25) is 0 Å². The Balaban J connectivity index is 4.50. The Hall–Kier alpha value is -1.34. The van der Waals surface area contributed by atoms with Gasteiger partial charge in [-0.1, -0.05) is 0 Å². The number of hydrogen-bond donors (Lipinski definition) is 4. The summed E-state index contributed by atoms with van der Waals surface area (Å²) in [5.74, 6) is -1.19. The van der Waals surface area contributed by atoms with Gasteiger partial charge in [-0.2, -0.15) is 0 Å². The van der Waals surface area contributed by atoms with Crippen molar-refractivity contribution < 1.29 is 24.9 Å². The van der Waals surface area contributed by atoms with Crippen LogP contribution in [0.5, 0.6) is 0 Å². The smallest absolute Gasteiger partial charge is 0.326 e. The number of hydrogen-bond acceptors (Lipinski definition) is 4. The molecule has 0 fully saturated rings. The van der Waals surface area contributed by atoms with Crippen molar-refractivity contribution in [2.45, 2.75) is 32.4 Å². The van der Waals surface area contributed by atoms with Crippen LogP contribution in [-0.2, 0) is 4.79 Å². The van der Waals surface area contributed by atoms with Gasteiger partial charge < -0.3 is 25.5 Å². The summed E-state index contributed by atoms with van der Waals surface area (Å²) in [5.41, 5.74) is 0. The van der Waals surface area contributed by atoms with Crippen LogP contribution in [-0.4, -0.2) is 64.1 Å². The fourth-order valence-electron chi connectivity index (χ4n) is 1.32. The van der Waals surface area contributed by atoms with Crippen LogP contribution in [0, 0.1) is 0 Å². The van der Waals surface area contributed by atoms with Crippen molar-refractivity contribution in [3.63, 3.8) is 0 Å². The number of carbonyl (C=O) groups excluding carboxylic acids is 1. The molecular weight excluding hydrogens is 228 g/mol. The number of carboxylic acid groups (broad SMARTS) is 1. The van der Waals surface area contributed by atoms with Crippen LogP contribution in [0.15, 0.2) is 0 Å². The van der Waals surface area contributed by atoms with Crippen LogP contribution < -0.4 is 5.32 Å². The first kappa shape index (κ1) is 15.7. The van der Waals surface area contributed by atoms with Crippen LogP contribution in [0.25, 0.3) is 0 Å². The second-order valence-corrected chi connectivity index (χ2v) is 3.86. The SMILES string of the molecule is CC(C)N(CCO)C(=O)N[C@@H](CCO)C(=O)O. The summed E-state index contributed by atoms with van der Waals surface area (Å²) >= 11 is 0. The second-order valence-electron chi connectivity index (χ2n) is 3.86. The largest absolute Gasteiger partial charge is 0.480 e. The van der Waals surface area contributed by atoms with E-state index in [1.807, 2.05) is 0 Å². The third-order valence-corrected chi connectivity index (χ3v) is 2.24. The van der Waals surface area contributed by atoms with Crippen molar-refractivity contribution in [2.75, 3.05) is 19.8 Å². The maximum Gasteiger partial charge on any atom is 0.326 e. The number of amides is 2. The first-order valence-corrected chi connectivity index (χ1v) is 5.45. The van der Waals surface area contributed by atoms with Gasteiger partial charge in [0.2, 0.25) is 0 Å². The molecular formula is C10H20N2O5. The van der Waals surface area contributed by atoms with E-state index in [1.165, 1.54) is 4.90 Å². The lowest BCUT2D eigenvalue weighted by molar-refractivity contribution is -0.139. The molecule has 0 saturated heterocycles. The van der Waals surface area contributed by atoms with E-state index < -0.39 is 18.0 Å². The molecule has 2 amide bonds. The molecule has 1 atom stereocenters. The van der Waals surface area contributed by atoms with Gasteiger partial charge in [-0.25, -0.2) is 9.59 Å². The lowest BCUT2D eigenvalue weighted by atomic mass is 10.2. The van der Waals surface area contributed by atoms with Crippen LogP contribution >= 0.6 is 0 Å². The van der Waals surface area contributed by atoms with Crippen LogP contribution in [0.3, 0.4) is 0 Å². The molecule has 0 unspecified atom stereocenters. The summed E-state index contributed by atoms with van der Waals surface area (Å²) in [5, 5.41) is 28.6. The molecule has 7 nitrogen and oxygen atoms in total. The molecule has 0 heterocycles. The molecule has 0 bridgehead atoms. The number of nitrogens with one attached hydrogen (secondary N) is 1. The maximum atomic E-state index is 11.7. The molecule has 0 radical (unpaired) electrons. The number of aliphatic carboxylic acids is 1. The quantitative estimate of drug-likeness (QED) is 0.473. The minimum Gasteiger partial charge on any atom is -0.480 e. The summed E-state index contributed by atoms with van der Waals surface area (Å²) in [6.07, 6.45) is -0.0495. The minimum atomic E-state index is -1.19. The van der Waals surface area contributed by atoms with E-state index in [0.717, 1.165) is 0 Å². The molecule has 0 aromatic carbocycles. The Morgan fingerprint density at radius 3 is 2.18 bits per heavy atom. The van der Waals surface area contributed by atoms with Crippen LogP contribution in [0.2, 0.25) is 0 Å². The van der Waals surface area contributed by atoms with E-state index in [4.69, 9.17) is 15.3 Å². The van der Waals surface area contributed by atoms with Gasteiger partial charge in [-0.05, 0) is 13.8 Å². The predicted octanol–water partition coefficient (Wildman–Crippen LogP) is -0.766. The lowest BCUT2D eigenvalue weighted by Gasteiger charge is -2.27. The standard InChI is InChI=1S/C10H20N2O5/c1-7(2)12(4-6-14)10(17)11-8(3-5-13)9(15)16/h7-8,13-14H,3-6H2,1-2H3,(H,11,17)(H,15,16)/t8-/m0/s1. The van der Waals surface area contributed by atoms with Gasteiger partial charge in [0.15, 0.2) is 0 Å². The Labute approximate surface area is 100 Å². The minimum absolute atomic E-state index is 0.0495. The third-order valence-electron chi connectivity index (χ3n) is 2.24. The number of nitrogens with zero attached hydrogens (tertiary/aromatic N) is 1. The highest BCUT2D eigenvalue weighted by Gasteiger charge is 2.23. The average molecular weight is 248 g/mol. The van der Waals surface area contributed by atoms with Gasteiger partial charge in [0.05, 0.1) is 6.61 Å². The van der Waals surface area contributed by atoms with Crippen molar-refractivity contribution in [2.24, 2.45) is 0 Å². The van der Waals surface area contributed by atoms with Gasteiger partial charge >= 0.3 is 12.0 Å². The molecule has 0 rings (SSSR count). The molecule has 0 aliphatic carbocycles. The molecule has 0 aromatic rings. The zero-order valence-electron chi connectivity index (χ0n) is 10.1. The van der Waals surface area contributed by atoms with Crippen molar-refractivity contribution in [1.29, 1.82) is 0 Å². The van der Waals surface area contributed by atoms with Crippen molar-refractivity contribution in [1.82, 2.24) is 10.2 Å². The summed E-state index contributed by atoms with van der Waals surface area (Å²) in [6.45, 7) is 3.14. The highest BCUT2D eigenvalue weighted by atomic mass is 16.4. The van der Waals surface area contributed by atoms with E-state index in [9.17, 15) is 9.59 Å². The van der Waals surface area contributed by atoms with E-state index in [-0.39, 0.29) is 32.2 Å². The van der Waals surface area contributed by atoms with Crippen LogP contribution in [0.4, 0.5) is 4.79 Å². The van der Waals surface area contributed by atoms with Crippen molar-refractivity contribution in [3.8, 4) is 0 Å². The molecule has 17 heavy (non-hydrogen) atoms. The fraction of sp³-hybridized carbons (Fsp3) is 0.800. The Kier molecular flexibility index (Phi) is 7.24. The summed E-state index contributed by atoms with van der Waals surface area (Å²) in [4.78, 5) is 23.8. The Morgan fingerprint density at radius 1 is 1.24 bits per heavy atom. The molecule has 0 spiro atoms. The fourth-order valence-corrected chi connectivity index (χ4v) is 1.32. The Bertz CT molecular complexity index is 257. The Morgan fingerprint density at radius 2 is 1.82 bits per heavy atom. The van der Waals surface area contributed by atoms with E-state index in [0.29, 0.717) is 0 Å². The van der Waals surface area contributed by atoms with Gasteiger partial charge in [0, 0.05) is 25.6 Å². The molecule has 0 aromatic heterocycles. The first-order chi connectivity index (χ1) is 7.93. The zero-order chi connectivity index (χ0) is 13.4.